The summed E-state index contributed by atoms with van der Waals surface area (Å²) in [6, 6.07) is -1.19. The fourth-order valence-corrected chi connectivity index (χ4v) is 3.65. The van der Waals surface area contributed by atoms with E-state index in [1.54, 1.807) is 4.90 Å². The standard InChI is InChI=1S/C17H26N2O2/c1-5-12(4)19-15(11(2)3)16(20)18-14(17(19)21)13-9-7-6-8-10-13/h1,11-15H,6-10H2,2-4H3,(H,18,20). The third-order valence-corrected chi connectivity index (χ3v) is 4.80. The number of carbonyl (C=O) groups is 2. The molecule has 0 radical (unpaired) electrons. The zero-order chi connectivity index (χ0) is 15.6. The lowest BCUT2D eigenvalue weighted by Gasteiger charge is -2.45. The Labute approximate surface area is 127 Å². The Balaban J connectivity index is 2.26. The molecule has 2 aliphatic rings. The first-order chi connectivity index (χ1) is 9.97. The second kappa shape index (κ2) is 6.51. The Morgan fingerprint density at radius 1 is 1.19 bits per heavy atom. The molecule has 0 aromatic heterocycles. The van der Waals surface area contributed by atoms with Crippen LogP contribution in [-0.2, 0) is 9.59 Å². The number of nitrogens with zero attached hydrogens (tertiary/aromatic N) is 1. The van der Waals surface area contributed by atoms with Crippen molar-refractivity contribution < 1.29 is 9.59 Å². The van der Waals surface area contributed by atoms with Crippen LogP contribution in [-0.4, -0.2) is 34.8 Å². The minimum atomic E-state index is -0.455. The molecule has 3 atom stereocenters. The molecule has 4 nitrogen and oxygen atoms in total. The van der Waals surface area contributed by atoms with E-state index in [2.05, 4.69) is 11.2 Å². The molecule has 0 aromatic carbocycles. The Hall–Kier alpha value is -1.50. The summed E-state index contributed by atoms with van der Waals surface area (Å²) in [7, 11) is 0. The molecule has 4 heteroatoms. The summed E-state index contributed by atoms with van der Waals surface area (Å²) in [5.41, 5.74) is 0. The van der Waals surface area contributed by atoms with E-state index in [4.69, 9.17) is 6.42 Å². The first-order valence-corrected chi connectivity index (χ1v) is 8.06. The molecular formula is C17H26N2O2. The van der Waals surface area contributed by atoms with Gasteiger partial charge < -0.3 is 10.2 Å². The predicted molar refractivity (Wildman–Crippen MR) is 82.3 cm³/mol. The van der Waals surface area contributed by atoms with E-state index in [-0.39, 0.29) is 35.7 Å². The number of terminal acetylenes is 1. The van der Waals surface area contributed by atoms with Crippen molar-refractivity contribution in [2.45, 2.75) is 71.0 Å². The molecule has 3 unspecified atom stereocenters. The van der Waals surface area contributed by atoms with E-state index in [9.17, 15) is 9.59 Å². The highest BCUT2D eigenvalue weighted by molar-refractivity contribution is 5.97. The van der Waals surface area contributed by atoms with E-state index < -0.39 is 6.04 Å². The number of hydrogen-bond donors (Lipinski definition) is 1. The average Bonchev–Trinajstić information content (AvgIpc) is 2.48. The van der Waals surface area contributed by atoms with Crippen LogP contribution in [0.4, 0.5) is 0 Å². The van der Waals surface area contributed by atoms with Crippen LogP contribution in [0.5, 0.6) is 0 Å². The molecule has 2 rings (SSSR count). The molecule has 0 bridgehead atoms. The van der Waals surface area contributed by atoms with Crippen LogP contribution in [0.3, 0.4) is 0 Å². The monoisotopic (exact) mass is 290 g/mol. The largest absolute Gasteiger partial charge is 0.342 e. The normalized spacial score (nSPS) is 29.2. The van der Waals surface area contributed by atoms with Gasteiger partial charge in [-0.15, -0.1) is 6.42 Å². The molecule has 1 aliphatic carbocycles. The van der Waals surface area contributed by atoms with Crippen molar-refractivity contribution in [3.8, 4) is 12.3 Å². The summed E-state index contributed by atoms with van der Waals surface area (Å²) < 4.78 is 0. The Bertz CT molecular complexity index is 446. The van der Waals surface area contributed by atoms with Crippen LogP contribution in [0.15, 0.2) is 0 Å². The molecule has 2 amide bonds. The van der Waals surface area contributed by atoms with Gasteiger partial charge in [-0.1, -0.05) is 39.0 Å². The fraction of sp³-hybridized carbons (Fsp3) is 0.765. The second-order valence-corrected chi connectivity index (χ2v) is 6.66. The van der Waals surface area contributed by atoms with Gasteiger partial charge in [-0.2, -0.15) is 0 Å². The summed E-state index contributed by atoms with van der Waals surface area (Å²) >= 11 is 0. The van der Waals surface area contributed by atoms with Crippen molar-refractivity contribution in [1.29, 1.82) is 0 Å². The molecule has 0 spiro atoms. The maximum atomic E-state index is 12.9. The quantitative estimate of drug-likeness (QED) is 0.808. The molecule has 1 N–H and O–H groups in total. The lowest BCUT2D eigenvalue weighted by molar-refractivity contribution is -0.154. The molecule has 21 heavy (non-hydrogen) atoms. The van der Waals surface area contributed by atoms with Gasteiger partial charge in [-0.05, 0) is 31.6 Å². The highest BCUT2D eigenvalue weighted by Gasteiger charge is 2.46. The van der Waals surface area contributed by atoms with Crippen LogP contribution < -0.4 is 5.32 Å². The lowest BCUT2D eigenvalue weighted by atomic mass is 9.81. The lowest BCUT2D eigenvalue weighted by Crippen LogP contribution is -2.68. The number of carbonyl (C=O) groups excluding carboxylic acids is 2. The van der Waals surface area contributed by atoms with Gasteiger partial charge in [0.1, 0.15) is 12.1 Å². The highest BCUT2D eigenvalue weighted by atomic mass is 16.2. The Morgan fingerprint density at radius 2 is 1.81 bits per heavy atom. The van der Waals surface area contributed by atoms with Crippen LogP contribution in [0.25, 0.3) is 0 Å². The van der Waals surface area contributed by atoms with Gasteiger partial charge in [0.05, 0.1) is 6.04 Å². The fourth-order valence-electron chi connectivity index (χ4n) is 3.65. The van der Waals surface area contributed by atoms with Crippen LogP contribution in [0.1, 0.15) is 52.9 Å². The molecule has 2 fully saturated rings. The summed E-state index contributed by atoms with van der Waals surface area (Å²) in [5, 5.41) is 2.98. The van der Waals surface area contributed by atoms with E-state index in [1.807, 2.05) is 20.8 Å². The van der Waals surface area contributed by atoms with Crippen LogP contribution >= 0.6 is 0 Å². The Morgan fingerprint density at radius 3 is 2.33 bits per heavy atom. The van der Waals surface area contributed by atoms with Crippen molar-refractivity contribution in [1.82, 2.24) is 10.2 Å². The highest BCUT2D eigenvalue weighted by Crippen LogP contribution is 2.31. The number of rotatable bonds is 3. The Kier molecular flexibility index (Phi) is 4.92. The summed E-state index contributed by atoms with van der Waals surface area (Å²) in [4.78, 5) is 27.0. The van der Waals surface area contributed by atoms with Crippen molar-refractivity contribution in [3.63, 3.8) is 0 Å². The molecule has 1 saturated heterocycles. The van der Waals surface area contributed by atoms with Gasteiger partial charge in [-0.25, -0.2) is 0 Å². The average molecular weight is 290 g/mol. The van der Waals surface area contributed by atoms with E-state index in [1.165, 1.54) is 6.42 Å². The zero-order valence-electron chi connectivity index (χ0n) is 13.3. The van der Waals surface area contributed by atoms with Gasteiger partial charge in [0, 0.05) is 0 Å². The first kappa shape index (κ1) is 15.9. The van der Waals surface area contributed by atoms with Crippen molar-refractivity contribution in [2.24, 2.45) is 11.8 Å². The number of nitrogens with one attached hydrogen (secondary N) is 1. The second-order valence-electron chi connectivity index (χ2n) is 6.66. The molecule has 1 aliphatic heterocycles. The van der Waals surface area contributed by atoms with Crippen molar-refractivity contribution in [2.75, 3.05) is 0 Å². The van der Waals surface area contributed by atoms with Gasteiger partial charge in [0.15, 0.2) is 0 Å². The minimum Gasteiger partial charge on any atom is -0.342 e. The SMILES string of the molecule is C#CC(C)N1C(=O)C(C2CCCCC2)NC(=O)C1C(C)C. The third-order valence-electron chi connectivity index (χ3n) is 4.80. The van der Waals surface area contributed by atoms with Gasteiger partial charge >= 0.3 is 0 Å². The predicted octanol–water partition coefficient (Wildman–Crippen LogP) is 1.94. The van der Waals surface area contributed by atoms with Crippen LogP contribution in [0, 0.1) is 24.2 Å². The first-order valence-electron chi connectivity index (χ1n) is 8.06. The van der Waals surface area contributed by atoms with Crippen molar-refractivity contribution >= 4 is 11.8 Å². The maximum absolute atomic E-state index is 12.9. The zero-order valence-corrected chi connectivity index (χ0v) is 13.3. The number of amides is 2. The number of piperazine rings is 1. The van der Waals surface area contributed by atoms with E-state index in [0.717, 1.165) is 25.7 Å². The van der Waals surface area contributed by atoms with E-state index in [0.29, 0.717) is 0 Å². The third kappa shape index (κ3) is 3.07. The summed E-state index contributed by atoms with van der Waals surface area (Å²) in [6.07, 6.45) is 11.1. The van der Waals surface area contributed by atoms with Crippen molar-refractivity contribution in [3.05, 3.63) is 0 Å². The number of hydrogen-bond acceptors (Lipinski definition) is 2. The molecular weight excluding hydrogens is 264 g/mol. The van der Waals surface area contributed by atoms with Gasteiger partial charge in [0.2, 0.25) is 11.8 Å². The minimum absolute atomic E-state index is 0.00523. The van der Waals surface area contributed by atoms with Crippen LogP contribution in [0.2, 0.25) is 0 Å². The molecule has 1 heterocycles. The molecule has 1 saturated carbocycles. The van der Waals surface area contributed by atoms with Gasteiger partial charge in [-0.3, -0.25) is 9.59 Å². The molecule has 116 valence electrons. The molecule has 0 aromatic rings. The van der Waals surface area contributed by atoms with E-state index >= 15 is 0 Å². The topological polar surface area (TPSA) is 49.4 Å². The van der Waals surface area contributed by atoms with Gasteiger partial charge in [0.25, 0.3) is 0 Å². The summed E-state index contributed by atoms with van der Waals surface area (Å²) in [6.45, 7) is 5.73. The summed E-state index contributed by atoms with van der Waals surface area (Å²) in [5.74, 6) is 2.88. The maximum Gasteiger partial charge on any atom is 0.247 e. The smallest absolute Gasteiger partial charge is 0.247 e.